The van der Waals surface area contributed by atoms with Gasteiger partial charge in [-0.15, -0.1) is 0 Å². The van der Waals surface area contributed by atoms with Crippen molar-refractivity contribution >= 4 is 17.6 Å². The predicted molar refractivity (Wildman–Crippen MR) is 63.8 cm³/mol. The van der Waals surface area contributed by atoms with E-state index in [0.717, 1.165) is 5.56 Å². The van der Waals surface area contributed by atoms with Crippen molar-refractivity contribution in [2.75, 3.05) is 0 Å². The predicted octanol–water partition coefficient (Wildman–Crippen LogP) is 2.42. The minimum atomic E-state index is -0.916. The van der Waals surface area contributed by atoms with Gasteiger partial charge >= 0.3 is 5.97 Å². The molecule has 17 heavy (non-hydrogen) atoms. The van der Waals surface area contributed by atoms with E-state index in [9.17, 15) is 4.79 Å². The highest BCUT2D eigenvalue weighted by atomic mass is 35.5. The van der Waals surface area contributed by atoms with Crippen LogP contribution in [0.2, 0.25) is 5.02 Å². The van der Waals surface area contributed by atoms with Crippen LogP contribution in [0, 0.1) is 0 Å². The largest absolute Gasteiger partial charge is 0.481 e. The van der Waals surface area contributed by atoms with E-state index in [-0.39, 0.29) is 6.42 Å². The maximum Gasteiger partial charge on any atom is 0.309 e. The lowest BCUT2D eigenvalue weighted by atomic mass is 10.1. The van der Waals surface area contributed by atoms with Gasteiger partial charge in [-0.2, -0.15) is 0 Å². The topological polar surface area (TPSA) is 63.1 Å². The molecule has 0 amide bonds. The van der Waals surface area contributed by atoms with E-state index in [4.69, 9.17) is 16.7 Å². The molecule has 0 unspecified atom stereocenters. The SMILES string of the molecule is O=C(O)Cc1ccc(Cl)c(-c2ccncc2)n1. The molecule has 0 aromatic carbocycles. The van der Waals surface area contributed by atoms with Crippen LogP contribution in [0.5, 0.6) is 0 Å². The summed E-state index contributed by atoms with van der Waals surface area (Å²) in [6, 6.07) is 6.82. The molecule has 0 saturated carbocycles. The second-order valence-electron chi connectivity index (χ2n) is 3.44. The number of aliphatic carboxylic acids is 1. The van der Waals surface area contributed by atoms with Crippen LogP contribution < -0.4 is 0 Å². The van der Waals surface area contributed by atoms with Gasteiger partial charge in [0.25, 0.3) is 0 Å². The lowest BCUT2D eigenvalue weighted by molar-refractivity contribution is -0.136. The molecule has 0 aliphatic rings. The van der Waals surface area contributed by atoms with E-state index in [1.807, 2.05) is 0 Å². The Morgan fingerprint density at radius 1 is 1.24 bits per heavy atom. The Balaban J connectivity index is 2.43. The number of carboxylic acids is 1. The van der Waals surface area contributed by atoms with Crippen LogP contribution in [0.1, 0.15) is 5.69 Å². The quantitative estimate of drug-likeness (QED) is 0.906. The van der Waals surface area contributed by atoms with Crippen LogP contribution >= 0.6 is 11.6 Å². The second kappa shape index (κ2) is 4.93. The van der Waals surface area contributed by atoms with Crippen molar-refractivity contribution in [3.05, 3.63) is 47.4 Å². The molecule has 2 rings (SSSR count). The summed E-state index contributed by atoms with van der Waals surface area (Å²) < 4.78 is 0. The molecular weight excluding hydrogens is 240 g/mol. The zero-order valence-electron chi connectivity index (χ0n) is 8.80. The first-order valence-corrected chi connectivity index (χ1v) is 5.32. The van der Waals surface area contributed by atoms with E-state index < -0.39 is 5.97 Å². The van der Waals surface area contributed by atoms with Gasteiger partial charge in [0.2, 0.25) is 0 Å². The minimum absolute atomic E-state index is 0.116. The number of nitrogens with zero attached hydrogens (tertiary/aromatic N) is 2. The number of pyridine rings is 2. The van der Waals surface area contributed by atoms with Gasteiger partial charge in [0.15, 0.2) is 0 Å². The summed E-state index contributed by atoms with van der Waals surface area (Å²) in [5, 5.41) is 9.21. The molecule has 2 aromatic rings. The molecule has 0 aliphatic heterocycles. The smallest absolute Gasteiger partial charge is 0.309 e. The molecule has 0 fully saturated rings. The molecule has 0 spiro atoms. The van der Waals surface area contributed by atoms with Crippen LogP contribution in [-0.4, -0.2) is 21.0 Å². The number of hydrogen-bond acceptors (Lipinski definition) is 3. The van der Waals surface area contributed by atoms with Gasteiger partial charge in [-0.05, 0) is 24.3 Å². The Bertz CT molecular complexity index is 543. The number of carbonyl (C=O) groups is 1. The van der Waals surface area contributed by atoms with Gasteiger partial charge in [0.05, 0.1) is 22.8 Å². The number of hydrogen-bond donors (Lipinski definition) is 1. The summed E-state index contributed by atoms with van der Waals surface area (Å²) in [7, 11) is 0. The van der Waals surface area contributed by atoms with E-state index in [2.05, 4.69) is 9.97 Å². The van der Waals surface area contributed by atoms with E-state index >= 15 is 0 Å². The second-order valence-corrected chi connectivity index (χ2v) is 3.85. The van der Waals surface area contributed by atoms with E-state index in [1.54, 1.807) is 36.7 Å². The van der Waals surface area contributed by atoms with Gasteiger partial charge < -0.3 is 5.11 Å². The monoisotopic (exact) mass is 248 g/mol. The average Bonchev–Trinajstić information content (AvgIpc) is 2.32. The van der Waals surface area contributed by atoms with Gasteiger partial charge in [-0.3, -0.25) is 14.8 Å². The van der Waals surface area contributed by atoms with Crippen molar-refractivity contribution in [3.8, 4) is 11.3 Å². The van der Waals surface area contributed by atoms with Gasteiger partial charge in [-0.25, -0.2) is 0 Å². The Morgan fingerprint density at radius 3 is 2.59 bits per heavy atom. The van der Waals surface area contributed by atoms with Crippen LogP contribution in [-0.2, 0) is 11.2 Å². The molecule has 0 aliphatic carbocycles. The standard InChI is InChI=1S/C12H9ClN2O2/c13-10-2-1-9(7-11(16)17)15-12(10)8-3-5-14-6-4-8/h1-6H,7H2,(H,16,17). The summed E-state index contributed by atoms with van der Waals surface area (Å²) in [5.74, 6) is -0.916. The van der Waals surface area contributed by atoms with Crippen molar-refractivity contribution in [2.45, 2.75) is 6.42 Å². The van der Waals surface area contributed by atoms with Gasteiger partial charge in [0, 0.05) is 18.0 Å². The first-order valence-electron chi connectivity index (χ1n) is 4.94. The molecule has 1 N–H and O–H groups in total. The molecule has 5 heteroatoms. The third-order valence-electron chi connectivity index (χ3n) is 2.19. The van der Waals surface area contributed by atoms with Crippen LogP contribution in [0.25, 0.3) is 11.3 Å². The van der Waals surface area contributed by atoms with Gasteiger partial charge in [0.1, 0.15) is 0 Å². The normalized spacial score (nSPS) is 10.2. The minimum Gasteiger partial charge on any atom is -0.481 e. The van der Waals surface area contributed by atoms with Crippen molar-refractivity contribution in [1.29, 1.82) is 0 Å². The first-order chi connectivity index (χ1) is 8.16. The number of halogens is 1. The van der Waals surface area contributed by atoms with Crippen molar-refractivity contribution in [3.63, 3.8) is 0 Å². The zero-order valence-corrected chi connectivity index (χ0v) is 9.55. The zero-order chi connectivity index (χ0) is 12.3. The maximum atomic E-state index is 10.6. The third-order valence-corrected chi connectivity index (χ3v) is 2.49. The van der Waals surface area contributed by atoms with E-state index in [0.29, 0.717) is 16.4 Å². The van der Waals surface area contributed by atoms with E-state index in [1.165, 1.54) is 0 Å². The average molecular weight is 249 g/mol. The molecule has 0 atom stereocenters. The third kappa shape index (κ3) is 2.79. The van der Waals surface area contributed by atoms with Crippen molar-refractivity contribution in [2.24, 2.45) is 0 Å². The van der Waals surface area contributed by atoms with Gasteiger partial charge in [-0.1, -0.05) is 11.6 Å². The summed E-state index contributed by atoms with van der Waals surface area (Å²) in [6.07, 6.45) is 3.16. The Labute approximate surface area is 103 Å². The fourth-order valence-corrected chi connectivity index (χ4v) is 1.66. The van der Waals surface area contributed by atoms with Crippen molar-refractivity contribution < 1.29 is 9.90 Å². The number of aromatic nitrogens is 2. The highest BCUT2D eigenvalue weighted by Gasteiger charge is 2.08. The molecule has 86 valence electrons. The summed E-state index contributed by atoms with van der Waals surface area (Å²) in [4.78, 5) is 18.8. The summed E-state index contributed by atoms with van der Waals surface area (Å²) in [5.41, 5.74) is 1.87. The van der Waals surface area contributed by atoms with Crippen LogP contribution in [0.3, 0.4) is 0 Å². The molecule has 0 bridgehead atoms. The van der Waals surface area contributed by atoms with Crippen molar-refractivity contribution in [1.82, 2.24) is 9.97 Å². The molecule has 0 saturated heterocycles. The Kier molecular flexibility index (Phi) is 3.35. The maximum absolute atomic E-state index is 10.6. The first kappa shape index (κ1) is 11.5. The lowest BCUT2D eigenvalue weighted by Crippen LogP contribution is -2.03. The molecular formula is C12H9ClN2O2. The fraction of sp³-hybridized carbons (Fsp3) is 0.0833. The van der Waals surface area contributed by atoms with Crippen LogP contribution in [0.4, 0.5) is 0 Å². The molecule has 4 nitrogen and oxygen atoms in total. The fourth-order valence-electron chi connectivity index (χ4n) is 1.45. The van der Waals surface area contributed by atoms with Crippen LogP contribution in [0.15, 0.2) is 36.7 Å². The Morgan fingerprint density at radius 2 is 1.94 bits per heavy atom. The molecule has 2 aromatic heterocycles. The lowest BCUT2D eigenvalue weighted by Gasteiger charge is -2.05. The highest BCUT2D eigenvalue weighted by molar-refractivity contribution is 6.33. The summed E-state index contributed by atoms with van der Waals surface area (Å²) >= 11 is 6.04. The molecule has 2 heterocycles. The number of carboxylic acid groups (broad SMARTS) is 1. The highest BCUT2D eigenvalue weighted by Crippen LogP contribution is 2.25. The Hall–Kier alpha value is -1.94. The molecule has 0 radical (unpaired) electrons. The number of rotatable bonds is 3. The summed E-state index contributed by atoms with van der Waals surface area (Å²) in [6.45, 7) is 0.